The normalized spacial score (nSPS) is 12.2. The van der Waals surface area contributed by atoms with Crippen molar-refractivity contribution in [3.05, 3.63) is 59.7 Å². The molecule has 1 atom stereocenters. The highest BCUT2D eigenvalue weighted by Gasteiger charge is 2.07. The lowest BCUT2D eigenvalue weighted by atomic mass is 10.1. The number of aliphatic hydroxyl groups is 1. The molecule has 1 heterocycles. The number of pyridine rings is 1. The molecule has 0 amide bonds. The van der Waals surface area contributed by atoms with Crippen molar-refractivity contribution >= 4 is 5.69 Å². The zero-order valence-corrected chi connectivity index (χ0v) is 10.1. The van der Waals surface area contributed by atoms with Gasteiger partial charge in [-0.2, -0.15) is 0 Å². The molecule has 94 valence electrons. The van der Waals surface area contributed by atoms with E-state index < -0.39 is 0 Å². The second kappa shape index (κ2) is 5.60. The SMILES string of the molecule is CC(Nc1cccc(CO)c1)c1cncc(F)c1. The van der Waals surface area contributed by atoms with Crippen molar-refractivity contribution in [3.63, 3.8) is 0 Å². The largest absolute Gasteiger partial charge is 0.392 e. The highest BCUT2D eigenvalue weighted by atomic mass is 19.1. The van der Waals surface area contributed by atoms with Crippen LogP contribution in [-0.4, -0.2) is 10.1 Å². The molecule has 0 aliphatic carbocycles. The van der Waals surface area contributed by atoms with Crippen LogP contribution in [0.5, 0.6) is 0 Å². The number of rotatable bonds is 4. The van der Waals surface area contributed by atoms with Crippen LogP contribution in [-0.2, 0) is 6.61 Å². The highest BCUT2D eigenvalue weighted by Crippen LogP contribution is 2.19. The van der Waals surface area contributed by atoms with Crippen LogP contribution in [0.2, 0.25) is 0 Å². The van der Waals surface area contributed by atoms with E-state index in [0.717, 1.165) is 16.8 Å². The maximum atomic E-state index is 13.1. The summed E-state index contributed by atoms with van der Waals surface area (Å²) in [4.78, 5) is 3.83. The number of nitrogens with zero attached hydrogens (tertiary/aromatic N) is 1. The molecular formula is C14H15FN2O. The van der Waals surface area contributed by atoms with Crippen molar-refractivity contribution in [2.24, 2.45) is 0 Å². The van der Waals surface area contributed by atoms with Gasteiger partial charge in [0.15, 0.2) is 0 Å². The second-order valence-corrected chi connectivity index (χ2v) is 4.16. The Balaban J connectivity index is 2.13. The predicted octanol–water partition coefficient (Wildman–Crippen LogP) is 2.89. The van der Waals surface area contributed by atoms with Gasteiger partial charge in [-0.1, -0.05) is 12.1 Å². The Morgan fingerprint density at radius 2 is 2.17 bits per heavy atom. The van der Waals surface area contributed by atoms with Gasteiger partial charge in [0.2, 0.25) is 0 Å². The van der Waals surface area contributed by atoms with Gasteiger partial charge in [0.1, 0.15) is 5.82 Å². The number of nitrogens with one attached hydrogen (secondary N) is 1. The fraction of sp³-hybridized carbons (Fsp3) is 0.214. The highest BCUT2D eigenvalue weighted by molar-refractivity contribution is 5.47. The molecule has 2 aromatic rings. The Labute approximate surface area is 105 Å². The molecule has 1 aromatic heterocycles. The quantitative estimate of drug-likeness (QED) is 0.872. The molecule has 18 heavy (non-hydrogen) atoms. The number of benzene rings is 1. The minimum Gasteiger partial charge on any atom is -0.392 e. The van der Waals surface area contributed by atoms with E-state index in [2.05, 4.69) is 10.3 Å². The summed E-state index contributed by atoms with van der Waals surface area (Å²) in [5, 5.41) is 12.3. The summed E-state index contributed by atoms with van der Waals surface area (Å²) in [6, 6.07) is 8.89. The monoisotopic (exact) mass is 246 g/mol. The van der Waals surface area contributed by atoms with Gasteiger partial charge in [0, 0.05) is 11.9 Å². The van der Waals surface area contributed by atoms with Gasteiger partial charge in [0.05, 0.1) is 18.8 Å². The molecule has 4 heteroatoms. The number of aromatic nitrogens is 1. The molecule has 0 saturated carbocycles. The molecule has 0 saturated heterocycles. The van der Waals surface area contributed by atoms with Gasteiger partial charge in [-0.25, -0.2) is 4.39 Å². The maximum absolute atomic E-state index is 13.1. The lowest BCUT2D eigenvalue weighted by Crippen LogP contribution is -2.07. The summed E-state index contributed by atoms with van der Waals surface area (Å²) in [6.07, 6.45) is 2.82. The molecule has 0 radical (unpaired) electrons. The first-order valence-corrected chi connectivity index (χ1v) is 5.76. The van der Waals surface area contributed by atoms with Crippen molar-refractivity contribution in [2.45, 2.75) is 19.6 Å². The van der Waals surface area contributed by atoms with Crippen LogP contribution in [0.25, 0.3) is 0 Å². The minimum absolute atomic E-state index is 0.00538. The molecule has 1 aromatic carbocycles. The molecule has 0 aliphatic rings. The van der Waals surface area contributed by atoms with E-state index in [0.29, 0.717) is 0 Å². The van der Waals surface area contributed by atoms with Crippen LogP contribution in [0, 0.1) is 5.82 Å². The topological polar surface area (TPSA) is 45.1 Å². The number of hydrogen-bond donors (Lipinski definition) is 2. The van der Waals surface area contributed by atoms with Gasteiger partial charge in [-0.3, -0.25) is 4.98 Å². The molecule has 0 aliphatic heterocycles. The third kappa shape index (κ3) is 3.05. The fourth-order valence-electron chi connectivity index (χ4n) is 1.76. The first kappa shape index (κ1) is 12.5. The maximum Gasteiger partial charge on any atom is 0.141 e. The standard InChI is InChI=1S/C14H15FN2O/c1-10(12-6-13(15)8-16-7-12)17-14-4-2-3-11(5-14)9-18/h2-8,10,17-18H,9H2,1H3. The minimum atomic E-state index is -0.342. The molecule has 2 rings (SSSR count). The molecule has 2 N–H and O–H groups in total. The van der Waals surface area contributed by atoms with Gasteiger partial charge < -0.3 is 10.4 Å². The van der Waals surface area contributed by atoms with E-state index in [1.807, 2.05) is 31.2 Å². The van der Waals surface area contributed by atoms with E-state index in [-0.39, 0.29) is 18.5 Å². The first-order chi connectivity index (χ1) is 8.69. The van der Waals surface area contributed by atoms with Crippen LogP contribution in [0.3, 0.4) is 0 Å². The van der Waals surface area contributed by atoms with Crippen LogP contribution < -0.4 is 5.32 Å². The van der Waals surface area contributed by atoms with E-state index in [1.54, 1.807) is 6.20 Å². The van der Waals surface area contributed by atoms with Crippen molar-refractivity contribution in [1.82, 2.24) is 4.98 Å². The fourth-order valence-corrected chi connectivity index (χ4v) is 1.76. The summed E-state index contributed by atoms with van der Waals surface area (Å²) in [5.74, 6) is -0.342. The van der Waals surface area contributed by atoms with Gasteiger partial charge in [-0.15, -0.1) is 0 Å². The third-order valence-electron chi connectivity index (χ3n) is 2.72. The Hall–Kier alpha value is -1.94. The number of hydrogen-bond acceptors (Lipinski definition) is 3. The van der Waals surface area contributed by atoms with Crippen molar-refractivity contribution < 1.29 is 9.50 Å². The zero-order chi connectivity index (χ0) is 13.0. The van der Waals surface area contributed by atoms with E-state index in [4.69, 9.17) is 5.11 Å². The smallest absolute Gasteiger partial charge is 0.141 e. The molecule has 1 unspecified atom stereocenters. The first-order valence-electron chi connectivity index (χ1n) is 5.76. The average Bonchev–Trinajstić information content (AvgIpc) is 2.39. The van der Waals surface area contributed by atoms with Gasteiger partial charge in [0.25, 0.3) is 0 Å². The predicted molar refractivity (Wildman–Crippen MR) is 68.6 cm³/mol. The van der Waals surface area contributed by atoms with Gasteiger partial charge >= 0.3 is 0 Å². The van der Waals surface area contributed by atoms with E-state index in [1.165, 1.54) is 12.3 Å². The Bertz CT molecular complexity index is 531. The van der Waals surface area contributed by atoms with E-state index >= 15 is 0 Å². The lowest BCUT2D eigenvalue weighted by molar-refractivity contribution is 0.282. The summed E-state index contributed by atoms with van der Waals surface area (Å²) < 4.78 is 13.1. The third-order valence-corrected chi connectivity index (χ3v) is 2.72. The second-order valence-electron chi connectivity index (χ2n) is 4.16. The summed E-state index contributed by atoms with van der Waals surface area (Å²) >= 11 is 0. The van der Waals surface area contributed by atoms with Crippen molar-refractivity contribution in [2.75, 3.05) is 5.32 Å². The van der Waals surface area contributed by atoms with Crippen LogP contribution >= 0.6 is 0 Å². The molecule has 0 spiro atoms. The van der Waals surface area contributed by atoms with Crippen LogP contribution in [0.15, 0.2) is 42.7 Å². The Morgan fingerprint density at radius 1 is 1.33 bits per heavy atom. The lowest BCUT2D eigenvalue weighted by Gasteiger charge is -2.15. The number of halogens is 1. The summed E-state index contributed by atoms with van der Waals surface area (Å²) in [5.41, 5.74) is 2.51. The number of aliphatic hydroxyl groups excluding tert-OH is 1. The summed E-state index contributed by atoms with van der Waals surface area (Å²) in [6.45, 7) is 1.94. The molecular weight excluding hydrogens is 231 g/mol. The average molecular weight is 246 g/mol. The number of anilines is 1. The van der Waals surface area contributed by atoms with Crippen LogP contribution in [0.4, 0.5) is 10.1 Å². The zero-order valence-electron chi connectivity index (χ0n) is 10.1. The molecule has 0 fully saturated rings. The van der Waals surface area contributed by atoms with E-state index in [9.17, 15) is 4.39 Å². The van der Waals surface area contributed by atoms with Crippen LogP contribution in [0.1, 0.15) is 24.1 Å². The van der Waals surface area contributed by atoms with Gasteiger partial charge in [-0.05, 0) is 36.2 Å². The van der Waals surface area contributed by atoms with Crippen molar-refractivity contribution in [3.8, 4) is 0 Å². The Morgan fingerprint density at radius 3 is 2.89 bits per heavy atom. The van der Waals surface area contributed by atoms with Crippen molar-refractivity contribution in [1.29, 1.82) is 0 Å². The molecule has 3 nitrogen and oxygen atoms in total. The summed E-state index contributed by atoms with van der Waals surface area (Å²) in [7, 11) is 0. The molecule has 0 bridgehead atoms. The Kier molecular flexibility index (Phi) is 3.89.